The zero-order valence-corrected chi connectivity index (χ0v) is 12.2. The van der Waals surface area contributed by atoms with Gasteiger partial charge in [-0.1, -0.05) is 19.3 Å². The maximum absolute atomic E-state index is 5.45. The molecule has 2 aliphatic rings. The Morgan fingerprint density at radius 1 is 1.28 bits per heavy atom. The molecule has 0 aromatic heterocycles. The van der Waals surface area contributed by atoms with Gasteiger partial charge < -0.3 is 10.1 Å². The van der Waals surface area contributed by atoms with Crippen molar-refractivity contribution in [2.45, 2.75) is 64.0 Å². The van der Waals surface area contributed by atoms with E-state index in [2.05, 4.69) is 24.1 Å². The van der Waals surface area contributed by atoms with E-state index in [9.17, 15) is 0 Å². The van der Waals surface area contributed by atoms with Gasteiger partial charge in [-0.05, 0) is 33.1 Å². The van der Waals surface area contributed by atoms with Crippen LogP contribution in [0.5, 0.6) is 0 Å². The Hall–Kier alpha value is -0.120. The van der Waals surface area contributed by atoms with Crippen molar-refractivity contribution in [2.24, 2.45) is 0 Å². The summed E-state index contributed by atoms with van der Waals surface area (Å²) in [6, 6.07) is 0.680. The Morgan fingerprint density at radius 3 is 2.78 bits per heavy atom. The average Bonchev–Trinajstić information content (AvgIpc) is 2.40. The third kappa shape index (κ3) is 3.69. The van der Waals surface area contributed by atoms with Crippen LogP contribution in [0.1, 0.15) is 52.4 Å². The average molecular weight is 254 g/mol. The van der Waals surface area contributed by atoms with Crippen LogP contribution in [0.25, 0.3) is 0 Å². The van der Waals surface area contributed by atoms with E-state index in [4.69, 9.17) is 4.74 Å². The Bertz CT molecular complexity index is 239. The molecule has 1 saturated carbocycles. The fourth-order valence-electron chi connectivity index (χ4n) is 3.47. The minimum absolute atomic E-state index is 0.441. The predicted molar refractivity (Wildman–Crippen MR) is 76.0 cm³/mol. The summed E-state index contributed by atoms with van der Waals surface area (Å²) in [4.78, 5) is 2.68. The van der Waals surface area contributed by atoms with Crippen molar-refractivity contribution in [1.82, 2.24) is 10.2 Å². The molecule has 0 amide bonds. The molecule has 1 spiro atoms. The summed E-state index contributed by atoms with van der Waals surface area (Å²) in [5, 5.41) is 3.84. The molecule has 2 rings (SSSR count). The summed E-state index contributed by atoms with van der Waals surface area (Å²) in [5.74, 6) is 0. The van der Waals surface area contributed by atoms with E-state index in [1.165, 1.54) is 51.6 Å². The van der Waals surface area contributed by atoms with Crippen molar-refractivity contribution < 1.29 is 4.74 Å². The zero-order chi connectivity index (χ0) is 12.8. The standard InChI is InChI=1S/C15H30N2O/c1-3-18-11-7-10-17-13-15(16-12-14(17)2)8-5-4-6-9-15/h14,16H,3-13H2,1-2H3. The van der Waals surface area contributed by atoms with Crippen LogP contribution >= 0.6 is 0 Å². The van der Waals surface area contributed by atoms with Crippen LogP contribution in [0.4, 0.5) is 0 Å². The van der Waals surface area contributed by atoms with Crippen LogP contribution in [0.2, 0.25) is 0 Å². The van der Waals surface area contributed by atoms with E-state index < -0.39 is 0 Å². The monoisotopic (exact) mass is 254 g/mol. The Labute approximate surface area is 112 Å². The highest BCUT2D eigenvalue weighted by Crippen LogP contribution is 2.31. The molecule has 2 fully saturated rings. The number of hydrogen-bond donors (Lipinski definition) is 1. The highest BCUT2D eigenvalue weighted by Gasteiger charge is 2.38. The van der Waals surface area contributed by atoms with Crippen LogP contribution in [0, 0.1) is 0 Å². The highest BCUT2D eigenvalue weighted by atomic mass is 16.5. The maximum Gasteiger partial charge on any atom is 0.0478 e. The maximum atomic E-state index is 5.45. The third-order valence-corrected chi connectivity index (χ3v) is 4.65. The van der Waals surface area contributed by atoms with Gasteiger partial charge in [-0.2, -0.15) is 0 Å². The lowest BCUT2D eigenvalue weighted by atomic mass is 9.79. The van der Waals surface area contributed by atoms with Crippen molar-refractivity contribution >= 4 is 0 Å². The third-order valence-electron chi connectivity index (χ3n) is 4.65. The van der Waals surface area contributed by atoms with Gasteiger partial charge in [0.05, 0.1) is 0 Å². The Morgan fingerprint density at radius 2 is 2.06 bits per heavy atom. The normalized spacial score (nSPS) is 28.7. The SMILES string of the molecule is CCOCCCN1CC2(CCCCC2)NCC1C. The van der Waals surface area contributed by atoms with E-state index in [1.54, 1.807) is 0 Å². The van der Waals surface area contributed by atoms with E-state index >= 15 is 0 Å². The van der Waals surface area contributed by atoms with E-state index in [0.717, 1.165) is 19.8 Å². The fourth-order valence-corrected chi connectivity index (χ4v) is 3.47. The van der Waals surface area contributed by atoms with E-state index in [0.29, 0.717) is 11.6 Å². The molecule has 0 aromatic carbocycles. The van der Waals surface area contributed by atoms with Gasteiger partial charge in [0, 0.05) is 44.4 Å². The highest BCUT2D eigenvalue weighted by molar-refractivity contribution is 4.98. The molecule has 1 aliphatic heterocycles. The van der Waals surface area contributed by atoms with Gasteiger partial charge in [0.2, 0.25) is 0 Å². The molecule has 1 aliphatic carbocycles. The van der Waals surface area contributed by atoms with Gasteiger partial charge in [0.15, 0.2) is 0 Å². The Kier molecular flexibility index (Phi) is 5.46. The molecular weight excluding hydrogens is 224 g/mol. The lowest BCUT2D eigenvalue weighted by molar-refractivity contribution is 0.0524. The minimum atomic E-state index is 0.441. The van der Waals surface area contributed by atoms with Crippen LogP contribution in [-0.2, 0) is 4.74 Å². The van der Waals surface area contributed by atoms with Crippen molar-refractivity contribution in [3.63, 3.8) is 0 Å². The second-order valence-corrected chi connectivity index (χ2v) is 6.09. The smallest absolute Gasteiger partial charge is 0.0478 e. The van der Waals surface area contributed by atoms with Gasteiger partial charge in [0.25, 0.3) is 0 Å². The van der Waals surface area contributed by atoms with Crippen molar-refractivity contribution in [1.29, 1.82) is 0 Å². The number of nitrogens with one attached hydrogen (secondary N) is 1. The lowest BCUT2D eigenvalue weighted by Crippen LogP contribution is -2.64. The predicted octanol–water partition coefficient (Wildman–Crippen LogP) is 2.41. The van der Waals surface area contributed by atoms with E-state index in [-0.39, 0.29) is 0 Å². The molecule has 3 nitrogen and oxygen atoms in total. The molecule has 18 heavy (non-hydrogen) atoms. The summed E-state index contributed by atoms with van der Waals surface area (Å²) in [6.45, 7) is 9.80. The zero-order valence-electron chi connectivity index (χ0n) is 12.2. The first-order valence-electron chi connectivity index (χ1n) is 7.82. The van der Waals surface area contributed by atoms with Gasteiger partial charge in [-0.25, -0.2) is 0 Å². The molecule has 3 heteroatoms. The van der Waals surface area contributed by atoms with E-state index in [1.807, 2.05) is 0 Å². The molecule has 1 unspecified atom stereocenters. The molecule has 1 N–H and O–H groups in total. The second-order valence-electron chi connectivity index (χ2n) is 6.09. The summed E-state index contributed by atoms with van der Waals surface area (Å²) < 4.78 is 5.45. The number of rotatable bonds is 5. The first-order chi connectivity index (χ1) is 8.76. The molecule has 1 atom stereocenters. The van der Waals surface area contributed by atoms with Crippen LogP contribution in [0.15, 0.2) is 0 Å². The van der Waals surface area contributed by atoms with Crippen LogP contribution < -0.4 is 5.32 Å². The van der Waals surface area contributed by atoms with Crippen LogP contribution in [0.3, 0.4) is 0 Å². The van der Waals surface area contributed by atoms with Gasteiger partial charge in [-0.3, -0.25) is 4.90 Å². The van der Waals surface area contributed by atoms with Crippen molar-refractivity contribution in [3.05, 3.63) is 0 Å². The molecule has 0 aromatic rings. The Balaban J connectivity index is 1.80. The second kappa shape index (κ2) is 6.88. The largest absolute Gasteiger partial charge is 0.382 e. The summed E-state index contributed by atoms with van der Waals surface area (Å²) in [5.41, 5.74) is 0.441. The summed E-state index contributed by atoms with van der Waals surface area (Å²) in [7, 11) is 0. The summed E-state index contributed by atoms with van der Waals surface area (Å²) >= 11 is 0. The first-order valence-corrected chi connectivity index (χ1v) is 7.82. The molecule has 1 saturated heterocycles. The van der Waals surface area contributed by atoms with Crippen molar-refractivity contribution in [2.75, 3.05) is 32.8 Å². The van der Waals surface area contributed by atoms with Crippen molar-refractivity contribution in [3.8, 4) is 0 Å². The molecular formula is C15H30N2O. The fraction of sp³-hybridized carbons (Fsp3) is 1.00. The molecule has 0 radical (unpaired) electrons. The van der Waals surface area contributed by atoms with Gasteiger partial charge in [-0.15, -0.1) is 0 Å². The first kappa shape index (κ1) is 14.3. The number of ether oxygens (including phenoxy) is 1. The number of piperazine rings is 1. The van der Waals surface area contributed by atoms with Gasteiger partial charge >= 0.3 is 0 Å². The topological polar surface area (TPSA) is 24.5 Å². The summed E-state index contributed by atoms with van der Waals surface area (Å²) in [6.07, 6.45) is 8.18. The van der Waals surface area contributed by atoms with Gasteiger partial charge in [0.1, 0.15) is 0 Å². The number of nitrogens with zero attached hydrogens (tertiary/aromatic N) is 1. The minimum Gasteiger partial charge on any atom is -0.382 e. The molecule has 106 valence electrons. The molecule has 1 heterocycles. The quantitative estimate of drug-likeness (QED) is 0.763. The number of hydrogen-bond acceptors (Lipinski definition) is 3. The lowest BCUT2D eigenvalue weighted by Gasteiger charge is -2.49. The molecule has 0 bridgehead atoms. The van der Waals surface area contributed by atoms with Crippen LogP contribution in [-0.4, -0.2) is 49.3 Å².